The Morgan fingerprint density at radius 2 is 2.17 bits per heavy atom. The van der Waals surface area contributed by atoms with E-state index >= 15 is 0 Å². The highest BCUT2D eigenvalue weighted by Gasteiger charge is 2.18. The number of aryl methyl sites for hydroxylation is 1. The molecule has 0 saturated carbocycles. The predicted molar refractivity (Wildman–Crippen MR) is 90.6 cm³/mol. The van der Waals surface area contributed by atoms with Gasteiger partial charge in [0.25, 0.3) is 5.69 Å². The number of carbonyl (C=O) groups is 1. The quantitative estimate of drug-likeness (QED) is 0.658. The number of nitro groups is 1. The summed E-state index contributed by atoms with van der Waals surface area (Å²) in [6.45, 7) is 3.39. The van der Waals surface area contributed by atoms with E-state index in [0.29, 0.717) is 30.3 Å². The molecule has 2 N–H and O–H groups in total. The number of nitrogens with one attached hydrogen (secondary N) is 2. The SMILES string of the molecule is Cc1ccc(Nc2ccc(N3CCNC(=O)C3)nc2)c([N+](=O)[O-])c1. The van der Waals surface area contributed by atoms with E-state index in [1.165, 1.54) is 6.07 Å². The number of rotatable bonds is 4. The van der Waals surface area contributed by atoms with Gasteiger partial charge in [0.15, 0.2) is 0 Å². The van der Waals surface area contributed by atoms with Gasteiger partial charge in [-0.1, -0.05) is 6.07 Å². The lowest BCUT2D eigenvalue weighted by molar-refractivity contribution is -0.384. The molecule has 24 heavy (non-hydrogen) atoms. The number of nitrogens with zero attached hydrogens (tertiary/aromatic N) is 3. The van der Waals surface area contributed by atoms with Gasteiger partial charge in [0.05, 0.1) is 23.4 Å². The molecule has 1 aromatic heterocycles. The van der Waals surface area contributed by atoms with Gasteiger partial charge in [-0.15, -0.1) is 0 Å². The van der Waals surface area contributed by atoms with Gasteiger partial charge in [-0.3, -0.25) is 14.9 Å². The van der Waals surface area contributed by atoms with Crippen LogP contribution in [0.1, 0.15) is 5.56 Å². The van der Waals surface area contributed by atoms with E-state index in [1.54, 1.807) is 24.4 Å². The number of pyridine rings is 1. The summed E-state index contributed by atoms with van der Waals surface area (Å²) in [7, 11) is 0. The van der Waals surface area contributed by atoms with Crippen LogP contribution in [0.3, 0.4) is 0 Å². The van der Waals surface area contributed by atoms with E-state index in [4.69, 9.17) is 0 Å². The first kappa shape index (κ1) is 15.7. The summed E-state index contributed by atoms with van der Waals surface area (Å²) in [5, 5.41) is 16.9. The van der Waals surface area contributed by atoms with Crippen LogP contribution in [-0.2, 0) is 4.79 Å². The summed E-state index contributed by atoms with van der Waals surface area (Å²) in [6, 6.07) is 8.59. The summed E-state index contributed by atoms with van der Waals surface area (Å²) < 4.78 is 0. The number of aromatic nitrogens is 1. The maximum atomic E-state index is 11.4. The Labute approximate surface area is 138 Å². The maximum absolute atomic E-state index is 11.4. The van der Waals surface area contributed by atoms with E-state index in [2.05, 4.69) is 15.6 Å². The Bertz CT molecular complexity index is 776. The van der Waals surface area contributed by atoms with Gasteiger partial charge in [-0.2, -0.15) is 0 Å². The molecule has 0 unspecified atom stereocenters. The molecule has 8 heteroatoms. The van der Waals surface area contributed by atoms with Crippen molar-refractivity contribution in [2.75, 3.05) is 29.9 Å². The molecule has 1 amide bonds. The molecule has 1 saturated heterocycles. The van der Waals surface area contributed by atoms with E-state index in [9.17, 15) is 14.9 Å². The van der Waals surface area contributed by atoms with Crippen molar-refractivity contribution in [3.05, 3.63) is 52.2 Å². The minimum Gasteiger partial charge on any atom is -0.353 e. The second-order valence-electron chi connectivity index (χ2n) is 5.58. The summed E-state index contributed by atoms with van der Waals surface area (Å²) in [6.07, 6.45) is 1.60. The molecule has 1 aliphatic heterocycles. The number of piperazine rings is 1. The third-order valence-electron chi connectivity index (χ3n) is 3.74. The second-order valence-corrected chi connectivity index (χ2v) is 5.58. The van der Waals surface area contributed by atoms with Crippen LogP contribution in [0.4, 0.5) is 22.9 Å². The van der Waals surface area contributed by atoms with Crippen LogP contribution in [0.2, 0.25) is 0 Å². The Morgan fingerprint density at radius 1 is 1.33 bits per heavy atom. The molecule has 0 spiro atoms. The van der Waals surface area contributed by atoms with Gasteiger partial charge in [-0.25, -0.2) is 4.98 Å². The molecule has 8 nitrogen and oxygen atoms in total. The number of amides is 1. The third-order valence-corrected chi connectivity index (χ3v) is 3.74. The van der Waals surface area contributed by atoms with Crippen molar-refractivity contribution in [1.29, 1.82) is 0 Å². The second kappa shape index (κ2) is 6.53. The van der Waals surface area contributed by atoms with Crippen LogP contribution >= 0.6 is 0 Å². The average molecular weight is 327 g/mol. The van der Waals surface area contributed by atoms with E-state index in [-0.39, 0.29) is 18.1 Å². The van der Waals surface area contributed by atoms with Crippen molar-refractivity contribution in [2.24, 2.45) is 0 Å². The molecular formula is C16H17N5O3. The smallest absolute Gasteiger partial charge is 0.292 e. The van der Waals surface area contributed by atoms with Crippen molar-refractivity contribution < 1.29 is 9.72 Å². The third kappa shape index (κ3) is 3.43. The summed E-state index contributed by atoms with van der Waals surface area (Å²) in [5.74, 6) is 0.675. The van der Waals surface area contributed by atoms with Gasteiger partial charge in [-0.05, 0) is 30.7 Å². The topological polar surface area (TPSA) is 100 Å². The molecule has 124 valence electrons. The fourth-order valence-corrected chi connectivity index (χ4v) is 2.54. The standard InChI is InChI=1S/C16H17N5O3/c1-11-2-4-13(14(8-11)21(23)24)19-12-3-5-15(18-9-12)20-7-6-17-16(22)10-20/h2-5,8-9,19H,6-7,10H2,1H3,(H,17,22). The molecule has 2 heterocycles. The Morgan fingerprint density at radius 3 is 2.83 bits per heavy atom. The Hall–Kier alpha value is -3.16. The van der Waals surface area contributed by atoms with Crippen LogP contribution in [0, 0.1) is 17.0 Å². The van der Waals surface area contributed by atoms with Crippen LogP contribution in [-0.4, -0.2) is 35.4 Å². The summed E-state index contributed by atoms with van der Waals surface area (Å²) in [5.41, 5.74) is 1.90. The molecule has 0 aliphatic carbocycles. The summed E-state index contributed by atoms with van der Waals surface area (Å²) >= 11 is 0. The number of hydrogen-bond donors (Lipinski definition) is 2. The zero-order valence-corrected chi connectivity index (χ0v) is 13.2. The molecule has 1 fully saturated rings. The van der Waals surface area contributed by atoms with Crippen molar-refractivity contribution in [3.8, 4) is 0 Å². The Kier molecular flexibility index (Phi) is 4.28. The molecule has 2 aromatic rings. The zero-order valence-electron chi connectivity index (χ0n) is 13.2. The number of hydrogen-bond acceptors (Lipinski definition) is 6. The van der Waals surface area contributed by atoms with Gasteiger partial charge < -0.3 is 15.5 Å². The zero-order chi connectivity index (χ0) is 17.1. The first-order valence-electron chi connectivity index (χ1n) is 7.53. The summed E-state index contributed by atoms with van der Waals surface area (Å²) in [4.78, 5) is 28.4. The highest BCUT2D eigenvalue weighted by Crippen LogP contribution is 2.28. The first-order chi connectivity index (χ1) is 11.5. The first-order valence-corrected chi connectivity index (χ1v) is 7.53. The number of anilines is 3. The van der Waals surface area contributed by atoms with Crippen molar-refractivity contribution in [3.63, 3.8) is 0 Å². The van der Waals surface area contributed by atoms with Crippen LogP contribution < -0.4 is 15.5 Å². The lowest BCUT2D eigenvalue weighted by atomic mass is 10.2. The largest absolute Gasteiger partial charge is 0.353 e. The van der Waals surface area contributed by atoms with Gasteiger partial charge >= 0.3 is 0 Å². The van der Waals surface area contributed by atoms with Crippen LogP contribution in [0.25, 0.3) is 0 Å². The van der Waals surface area contributed by atoms with E-state index in [0.717, 1.165) is 5.56 Å². The van der Waals surface area contributed by atoms with Crippen LogP contribution in [0.15, 0.2) is 36.5 Å². The highest BCUT2D eigenvalue weighted by atomic mass is 16.6. The molecular weight excluding hydrogens is 310 g/mol. The molecule has 0 bridgehead atoms. The molecule has 0 radical (unpaired) electrons. The highest BCUT2D eigenvalue weighted by molar-refractivity contribution is 5.82. The predicted octanol–water partition coefficient (Wildman–Crippen LogP) is 1.98. The fourth-order valence-electron chi connectivity index (χ4n) is 2.54. The van der Waals surface area contributed by atoms with E-state index in [1.807, 2.05) is 17.9 Å². The van der Waals surface area contributed by atoms with Crippen molar-refractivity contribution >= 4 is 28.8 Å². The lowest BCUT2D eigenvalue weighted by Crippen LogP contribution is -2.48. The van der Waals surface area contributed by atoms with Crippen molar-refractivity contribution in [1.82, 2.24) is 10.3 Å². The number of carbonyl (C=O) groups excluding carboxylic acids is 1. The fraction of sp³-hybridized carbons (Fsp3) is 0.250. The molecule has 1 aliphatic rings. The molecule has 3 rings (SSSR count). The number of nitro benzene ring substituents is 1. The van der Waals surface area contributed by atoms with Crippen LogP contribution in [0.5, 0.6) is 0 Å². The molecule has 1 aromatic carbocycles. The lowest BCUT2D eigenvalue weighted by Gasteiger charge is -2.27. The van der Waals surface area contributed by atoms with Gasteiger partial charge in [0.1, 0.15) is 11.5 Å². The van der Waals surface area contributed by atoms with Crippen molar-refractivity contribution in [2.45, 2.75) is 6.92 Å². The minimum atomic E-state index is -0.413. The normalized spacial score (nSPS) is 14.2. The monoisotopic (exact) mass is 327 g/mol. The van der Waals surface area contributed by atoms with Gasteiger partial charge in [0.2, 0.25) is 5.91 Å². The maximum Gasteiger partial charge on any atom is 0.292 e. The number of benzene rings is 1. The minimum absolute atomic E-state index is 0.0202. The Balaban J connectivity index is 1.77. The molecule has 0 atom stereocenters. The van der Waals surface area contributed by atoms with E-state index < -0.39 is 4.92 Å². The van der Waals surface area contributed by atoms with Gasteiger partial charge in [0, 0.05) is 19.2 Å². The average Bonchev–Trinajstić information content (AvgIpc) is 2.57.